The number of hydrogen-bond acceptors (Lipinski definition) is 2. The molecule has 1 aromatic heterocycles. The van der Waals surface area contributed by atoms with Gasteiger partial charge in [0.05, 0.1) is 11.6 Å². The van der Waals surface area contributed by atoms with Gasteiger partial charge in [0.25, 0.3) is 0 Å². The highest BCUT2D eigenvalue weighted by Crippen LogP contribution is 2.25. The molecule has 5 heteroatoms. The van der Waals surface area contributed by atoms with Gasteiger partial charge in [-0.1, -0.05) is 19.1 Å². The summed E-state index contributed by atoms with van der Waals surface area (Å²) in [5, 5.41) is 13.3. The average molecular weight is 262 g/mol. The molecule has 0 radical (unpaired) electrons. The minimum Gasteiger partial charge on any atom is -0.481 e. The first-order valence-corrected chi connectivity index (χ1v) is 5.98. The fraction of sp³-hybridized carbons (Fsp3) is 0.286. The SMILES string of the molecule is CC(Cc1nn(C)cc1-c1ccc(F)cc1)C(=O)O. The number of rotatable bonds is 4. The monoisotopic (exact) mass is 262 g/mol. The third-order valence-corrected chi connectivity index (χ3v) is 2.98. The summed E-state index contributed by atoms with van der Waals surface area (Å²) in [6.07, 6.45) is 2.17. The van der Waals surface area contributed by atoms with Crippen LogP contribution in [0.2, 0.25) is 0 Å². The van der Waals surface area contributed by atoms with Gasteiger partial charge in [0.15, 0.2) is 0 Å². The summed E-state index contributed by atoms with van der Waals surface area (Å²) in [6.45, 7) is 1.64. The van der Waals surface area contributed by atoms with Gasteiger partial charge in [-0.3, -0.25) is 9.48 Å². The average Bonchev–Trinajstić information content (AvgIpc) is 2.71. The molecule has 1 heterocycles. The molecule has 0 fully saturated rings. The maximum absolute atomic E-state index is 12.9. The highest BCUT2D eigenvalue weighted by molar-refractivity contribution is 5.71. The highest BCUT2D eigenvalue weighted by atomic mass is 19.1. The summed E-state index contributed by atoms with van der Waals surface area (Å²) in [5.74, 6) is -1.65. The summed E-state index contributed by atoms with van der Waals surface area (Å²) in [4.78, 5) is 10.9. The lowest BCUT2D eigenvalue weighted by atomic mass is 9.99. The van der Waals surface area contributed by atoms with Crippen molar-refractivity contribution in [1.82, 2.24) is 9.78 Å². The largest absolute Gasteiger partial charge is 0.481 e. The van der Waals surface area contributed by atoms with E-state index in [0.29, 0.717) is 12.1 Å². The van der Waals surface area contributed by atoms with Crippen molar-refractivity contribution in [1.29, 1.82) is 0 Å². The lowest BCUT2D eigenvalue weighted by Crippen LogP contribution is -2.13. The van der Waals surface area contributed by atoms with Crippen molar-refractivity contribution >= 4 is 5.97 Å². The second-order valence-corrected chi connectivity index (χ2v) is 4.61. The Hall–Kier alpha value is -2.17. The lowest BCUT2D eigenvalue weighted by Gasteiger charge is -2.06. The van der Waals surface area contributed by atoms with Gasteiger partial charge in [0.2, 0.25) is 0 Å². The van der Waals surface area contributed by atoms with Gasteiger partial charge in [-0.05, 0) is 17.7 Å². The second-order valence-electron chi connectivity index (χ2n) is 4.61. The first kappa shape index (κ1) is 13.3. The molecule has 0 saturated carbocycles. The Bertz CT molecular complexity index is 590. The van der Waals surface area contributed by atoms with Crippen LogP contribution < -0.4 is 0 Å². The summed E-state index contributed by atoms with van der Waals surface area (Å²) >= 11 is 0. The van der Waals surface area contributed by atoms with Crippen molar-refractivity contribution < 1.29 is 14.3 Å². The first-order chi connectivity index (χ1) is 8.97. The van der Waals surface area contributed by atoms with E-state index in [-0.39, 0.29) is 5.82 Å². The predicted octanol–water partition coefficient (Wildman–Crippen LogP) is 2.49. The Labute approximate surface area is 110 Å². The van der Waals surface area contributed by atoms with Crippen molar-refractivity contribution in [3.05, 3.63) is 42.0 Å². The minimum atomic E-state index is -0.851. The number of hydrogen-bond donors (Lipinski definition) is 1. The van der Waals surface area contributed by atoms with Crippen LogP contribution in [0.3, 0.4) is 0 Å². The van der Waals surface area contributed by atoms with Crippen LogP contribution in [0.5, 0.6) is 0 Å². The van der Waals surface area contributed by atoms with Gasteiger partial charge >= 0.3 is 5.97 Å². The molecule has 1 N–H and O–H groups in total. The number of carbonyl (C=O) groups is 1. The van der Waals surface area contributed by atoms with Crippen molar-refractivity contribution in [2.24, 2.45) is 13.0 Å². The summed E-state index contributed by atoms with van der Waals surface area (Å²) in [5.41, 5.74) is 2.39. The molecule has 2 rings (SSSR count). The van der Waals surface area contributed by atoms with Crippen LogP contribution in [0.15, 0.2) is 30.5 Å². The van der Waals surface area contributed by atoms with E-state index in [4.69, 9.17) is 5.11 Å². The number of aromatic nitrogens is 2. The van der Waals surface area contributed by atoms with E-state index in [2.05, 4.69) is 5.10 Å². The van der Waals surface area contributed by atoms with Gasteiger partial charge in [0.1, 0.15) is 5.82 Å². The van der Waals surface area contributed by atoms with E-state index in [1.54, 1.807) is 30.8 Å². The molecule has 1 unspecified atom stereocenters. The molecule has 100 valence electrons. The van der Waals surface area contributed by atoms with Gasteiger partial charge in [-0.15, -0.1) is 0 Å². The van der Waals surface area contributed by atoms with Crippen molar-refractivity contribution in [2.75, 3.05) is 0 Å². The van der Waals surface area contributed by atoms with E-state index in [0.717, 1.165) is 11.1 Å². The van der Waals surface area contributed by atoms with Crippen molar-refractivity contribution in [2.45, 2.75) is 13.3 Å². The molecule has 0 aliphatic carbocycles. The van der Waals surface area contributed by atoms with E-state index < -0.39 is 11.9 Å². The Kier molecular flexibility index (Phi) is 3.64. The molecule has 0 aliphatic rings. The molecule has 4 nitrogen and oxygen atoms in total. The number of carboxylic acid groups (broad SMARTS) is 1. The standard InChI is InChI=1S/C14H15FN2O2/c1-9(14(18)19)7-13-12(8-17(2)16-13)10-3-5-11(15)6-4-10/h3-6,8-9H,7H2,1-2H3,(H,18,19). The van der Waals surface area contributed by atoms with Gasteiger partial charge in [0, 0.05) is 25.2 Å². The topological polar surface area (TPSA) is 55.1 Å². The van der Waals surface area contributed by atoms with Crippen LogP contribution in [0.4, 0.5) is 4.39 Å². The van der Waals surface area contributed by atoms with Gasteiger partial charge in [-0.25, -0.2) is 4.39 Å². The maximum Gasteiger partial charge on any atom is 0.306 e. The summed E-state index contributed by atoms with van der Waals surface area (Å²) in [6, 6.07) is 6.10. The van der Waals surface area contributed by atoms with Crippen molar-refractivity contribution in [3.63, 3.8) is 0 Å². The number of benzene rings is 1. The predicted molar refractivity (Wildman–Crippen MR) is 69.1 cm³/mol. The van der Waals surface area contributed by atoms with Crippen LogP contribution in [0.1, 0.15) is 12.6 Å². The zero-order chi connectivity index (χ0) is 14.0. The molecule has 0 spiro atoms. The number of halogens is 1. The Morgan fingerprint density at radius 2 is 2.05 bits per heavy atom. The van der Waals surface area contributed by atoms with Crippen LogP contribution in [-0.2, 0) is 18.3 Å². The molecule has 0 saturated heterocycles. The quantitative estimate of drug-likeness (QED) is 0.921. The van der Waals surface area contributed by atoms with Crippen molar-refractivity contribution in [3.8, 4) is 11.1 Å². The molecule has 2 aromatic rings. The first-order valence-electron chi connectivity index (χ1n) is 5.98. The number of carboxylic acids is 1. The molecule has 0 bridgehead atoms. The maximum atomic E-state index is 12.9. The third kappa shape index (κ3) is 2.99. The fourth-order valence-electron chi connectivity index (χ4n) is 1.93. The number of aryl methyl sites for hydroxylation is 1. The molecule has 0 amide bonds. The zero-order valence-corrected chi connectivity index (χ0v) is 10.8. The van der Waals surface area contributed by atoms with E-state index >= 15 is 0 Å². The summed E-state index contributed by atoms with van der Waals surface area (Å²) < 4.78 is 14.6. The lowest BCUT2D eigenvalue weighted by molar-refractivity contribution is -0.141. The van der Waals surface area contributed by atoms with Crippen LogP contribution >= 0.6 is 0 Å². The highest BCUT2D eigenvalue weighted by Gasteiger charge is 2.17. The van der Waals surface area contributed by atoms with E-state index in [1.165, 1.54) is 12.1 Å². The fourth-order valence-corrected chi connectivity index (χ4v) is 1.93. The molecule has 19 heavy (non-hydrogen) atoms. The molecule has 1 aromatic carbocycles. The molecular weight excluding hydrogens is 247 g/mol. The number of nitrogens with zero attached hydrogens (tertiary/aromatic N) is 2. The smallest absolute Gasteiger partial charge is 0.306 e. The van der Waals surface area contributed by atoms with E-state index in [1.807, 2.05) is 6.20 Å². The Balaban J connectivity index is 2.35. The van der Waals surface area contributed by atoms with Crippen LogP contribution in [0.25, 0.3) is 11.1 Å². The second kappa shape index (κ2) is 5.22. The van der Waals surface area contributed by atoms with E-state index in [9.17, 15) is 9.18 Å². The van der Waals surface area contributed by atoms with Gasteiger partial charge in [-0.2, -0.15) is 5.10 Å². The Morgan fingerprint density at radius 1 is 1.42 bits per heavy atom. The van der Waals surface area contributed by atoms with Crippen LogP contribution in [0, 0.1) is 11.7 Å². The molecule has 0 aliphatic heterocycles. The van der Waals surface area contributed by atoms with Gasteiger partial charge < -0.3 is 5.11 Å². The normalized spacial score (nSPS) is 12.4. The third-order valence-electron chi connectivity index (χ3n) is 2.98. The zero-order valence-electron chi connectivity index (χ0n) is 10.8. The summed E-state index contributed by atoms with van der Waals surface area (Å²) in [7, 11) is 1.78. The minimum absolute atomic E-state index is 0.298. The van der Waals surface area contributed by atoms with Crippen LogP contribution in [-0.4, -0.2) is 20.9 Å². The molecular formula is C14H15FN2O2. The molecule has 1 atom stereocenters. The number of aliphatic carboxylic acids is 1. The Morgan fingerprint density at radius 3 is 2.63 bits per heavy atom.